The predicted molar refractivity (Wildman–Crippen MR) is 204 cm³/mol. The third kappa shape index (κ3) is 9.08. The molecule has 0 radical (unpaired) electrons. The van der Waals surface area contributed by atoms with Crippen LogP contribution >= 0.6 is 8.60 Å². The molecule has 0 amide bonds. The molecule has 5 aromatic rings. The number of piperidine rings is 1. The first-order valence-electron chi connectivity index (χ1n) is 17.6. The standard InChI is InChI=1S/C39H46N7O6P/c1-37(2,3)49-36(48)46-19-16-27-29(22-41-23-31(27)46)28-20-24(10-11-25(28)21-40)33(47)35-42-30-12-13-32(43-34(30)44-35)45-17-14-26(15-18-45)50-53(51-38(4,5)6)52-39(7,8)9/h10-13,16,19-20,22-23,26H,14-15,17-18H2,1-9H3,(H,42,43,44). The number of rotatable bonds is 8. The summed E-state index contributed by atoms with van der Waals surface area (Å²) in [5.74, 6) is 0.539. The maximum Gasteiger partial charge on any atom is 0.419 e. The van der Waals surface area contributed by atoms with Crippen LogP contribution < -0.4 is 4.90 Å². The van der Waals surface area contributed by atoms with E-state index in [0.29, 0.717) is 44.3 Å². The van der Waals surface area contributed by atoms with Crippen molar-refractivity contribution in [3.8, 4) is 17.2 Å². The van der Waals surface area contributed by atoms with E-state index in [0.717, 1.165) is 31.7 Å². The van der Waals surface area contributed by atoms with Crippen molar-refractivity contribution in [1.29, 1.82) is 5.26 Å². The van der Waals surface area contributed by atoms with Crippen molar-refractivity contribution in [2.75, 3.05) is 18.0 Å². The molecule has 13 nitrogen and oxygen atoms in total. The van der Waals surface area contributed by atoms with Gasteiger partial charge < -0.3 is 28.2 Å². The molecule has 1 N–H and O–H groups in total. The number of imidazole rings is 1. The van der Waals surface area contributed by atoms with E-state index in [1.165, 1.54) is 4.57 Å². The Morgan fingerprint density at radius 3 is 2.23 bits per heavy atom. The molecule has 1 aliphatic rings. The molecule has 5 heterocycles. The highest BCUT2D eigenvalue weighted by Crippen LogP contribution is 2.49. The molecule has 1 saturated heterocycles. The number of carbonyl (C=O) groups is 2. The Hall–Kier alpha value is -4.73. The number of carbonyl (C=O) groups excluding carboxylic acids is 2. The Morgan fingerprint density at radius 2 is 1.58 bits per heavy atom. The first-order chi connectivity index (χ1) is 24.9. The van der Waals surface area contributed by atoms with Crippen LogP contribution in [0.15, 0.2) is 55.0 Å². The van der Waals surface area contributed by atoms with Gasteiger partial charge in [-0.2, -0.15) is 5.26 Å². The van der Waals surface area contributed by atoms with Crippen LogP contribution in [0.1, 0.15) is 96.9 Å². The van der Waals surface area contributed by atoms with Gasteiger partial charge in [0.05, 0.1) is 46.2 Å². The lowest BCUT2D eigenvalue weighted by molar-refractivity contribution is 0.0146. The maximum atomic E-state index is 13.8. The smallest absolute Gasteiger partial charge is 0.419 e. The predicted octanol–water partition coefficient (Wildman–Crippen LogP) is 8.70. The topological polar surface area (TPSA) is 157 Å². The van der Waals surface area contributed by atoms with Crippen LogP contribution in [0.2, 0.25) is 0 Å². The third-order valence-electron chi connectivity index (χ3n) is 8.14. The van der Waals surface area contributed by atoms with Gasteiger partial charge in [0.2, 0.25) is 5.78 Å². The van der Waals surface area contributed by atoms with E-state index in [2.05, 4.69) is 25.9 Å². The molecule has 1 fully saturated rings. The molecule has 14 heteroatoms. The fourth-order valence-electron chi connectivity index (χ4n) is 5.87. The van der Waals surface area contributed by atoms with Gasteiger partial charge in [-0.15, -0.1) is 0 Å². The number of hydrogen-bond acceptors (Lipinski definition) is 11. The largest absolute Gasteiger partial charge is 0.443 e. The molecule has 1 aromatic carbocycles. The van der Waals surface area contributed by atoms with Crippen LogP contribution in [0.25, 0.3) is 33.2 Å². The summed E-state index contributed by atoms with van der Waals surface area (Å²) >= 11 is 0. The van der Waals surface area contributed by atoms with Crippen molar-refractivity contribution in [2.45, 2.75) is 98.1 Å². The minimum absolute atomic E-state index is 0.00891. The summed E-state index contributed by atoms with van der Waals surface area (Å²) in [6.07, 6.45) is 5.80. The molecular weight excluding hydrogens is 693 g/mol. The van der Waals surface area contributed by atoms with Crippen LogP contribution in [0.5, 0.6) is 0 Å². The lowest BCUT2D eigenvalue weighted by atomic mass is 9.95. The number of ether oxygens (including phenoxy) is 1. The Labute approximate surface area is 310 Å². The summed E-state index contributed by atoms with van der Waals surface area (Å²) < 4.78 is 25.5. The number of aromatic nitrogens is 5. The lowest BCUT2D eigenvalue weighted by Crippen LogP contribution is -2.37. The zero-order chi connectivity index (χ0) is 38.3. The first kappa shape index (κ1) is 38.0. The monoisotopic (exact) mass is 739 g/mol. The Morgan fingerprint density at radius 1 is 0.887 bits per heavy atom. The minimum Gasteiger partial charge on any atom is -0.443 e. The van der Waals surface area contributed by atoms with E-state index in [1.54, 1.807) is 63.6 Å². The van der Waals surface area contributed by atoms with E-state index in [9.17, 15) is 14.9 Å². The number of nitriles is 1. The number of nitrogens with zero attached hydrogens (tertiary/aromatic N) is 6. The molecule has 278 valence electrons. The summed E-state index contributed by atoms with van der Waals surface area (Å²) in [6.45, 7) is 18.8. The van der Waals surface area contributed by atoms with Gasteiger partial charge in [-0.1, -0.05) is 0 Å². The molecule has 53 heavy (non-hydrogen) atoms. The Bertz CT molecular complexity index is 2180. The second kappa shape index (κ2) is 14.6. The SMILES string of the molecule is CC(C)(C)OC(=O)n1ccc2c(-c3cc(C(=O)c4nc5nc(N6CCC(OP(OC(C)(C)C)OC(C)(C)C)CC6)ccc5[nH]4)ccc3C#N)cncc21. The molecular formula is C39H46N7O6P. The molecule has 0 bridgehead atoms. The zero-order valence-corrected chi connectivity index (χ0v) is 32.6. The van der Waals surface area contributed by atoms with Gasteiger partial charge in [0.25, 0.3) is 0 Å². The second-order valence-electron chi connectivity index (χ2n) is 16.0. The van der Waals surface area contributed by atoms with Crippen LogP contribution in [0, 0.1) is 11.3 Å². The Balaban J connectivity index is 1.19. The molecule has 4 aromatic heterocycles. The average molecular weight is 740 g/mol. The third-order valence-corrected chi connectivity index (χ3v) is 10.0. The van der Waals surface area contributed by atoms with E-state index in [4.69, 9.17) is 23.3 Å². The summed E-state index contributed by atoms with van der Waals surface area (Å²) in [5, 5.41) is 10.7. The van der Waals surface area contributed by atoms with E-state index in [1.807, 2.05) is 53.7 Å². The number of anilines is 1. The Kier molecular flexibility index (Phi) is 10.5. The molecule has 0 atom stereocenters. The fraction of sp³-hybridized carbons (Fsp3) is 0.436. The molecule has 0 unspecified atom stereocenters. The van der Waals surface area contributed by atoms with Gasteiger partial charge in [-0.3, -0.25) is 14.3 Å². The summed E-state index contributed by atoms with van der Waals surface area (Å²) in [7, 11) is -1.52. The van der Waals surface area contributed by atoms with Gasteiger partial charge in [-0.05, 0) is 112 Å². The molecule has 1 aliphatic heterocycles. The van der Waals surface area contributed by atoms with E-state index >= 15 is 0 Å². The van der Waals surface area contributed by atoms with Crippen molar-refractivity contribution in [2.24, 2.45) is 0 Å². The van der Waals surface area contributed by atoms with Gasteiger partial charge >= 0.3 is 14.7 Å². The van der Waals surface area contributed by atoms with E-state index < -0.39 is 31.5 Å². The number of H-pyrrole nitrogens is 1. The summed E-state index contributed by atoms with van der Waals surface area (Å²) in [5.41, 5.74) is 1.88. The fourth-order valence-corrected chi connectivity index (χ4v) is 7.34. The van der Waals surface area contributed by atoms with Crippen LogP contribution in [-0.2, 0) is 18.3 Å². The minimum atomic E-state index is -1.52. The molecule has 0 saturated carbocycles. The number of nitrogens with one attached hydrogen (secondary N) is 1. The van der Waals surface area contributed by atoms with Crippen molar-refractivity contribution in [3.05, 3.63) is 71.9 Å². The quantitative estimate of drug-likeness (QED) is 0.120. The molecule has 0 spiro atoms. The number of benzene rings is 1. The van der Waals surface area contributed by atoms with Crippen molar-refractivity contribution in [1.82, 2.24) is 24.5 Å². The second-order valence-corrected chi connectivity index (χ2v) is 17.1. The van der Waals surface area contributed by atoms with Crippen molar-refractivity contribution < 1.29 is 27.9 Å². The van der Waals surface area contributed by atoms with Gasteiger partial charge in [0.1, 0.15) is 11.4 Å². The first-order valence-corrected chi connectivity index (χ1v) is 18.7. The summed E-state index contributed by atoms with van der Waals surface area (Å²) in [6, 6.07) is 12.7. The lowest BCUT2D eigenvalue weighted by Gasteiger charge is -2.36. The number of aromatic amines is 1. The van der Waals surface area contributed by atoms with Crippen LogP contribution in [0.4, 0.5) is 10.6 Å². The van der Waals surface area contributed by atoms with Gasteiger partial charge in [-0.25, -0.2) is 14.8 Å². The zero-order valence-electron chi connectivity index (χ0n) is 31.7. The van der Waals surface area contributed by atoms with Crippen LogP contribution in [-0.4, -0.2) is 72.4 Å². The number of hydrogen-bond donors (Lipinski definition) is 1. The molecule has 6 rings (SSSR count). The average Bonchev–Trinajstić information content (AvgIpc) is 3.70. The van der Waals surface area contributed by atoms with Crippen molar-refractivity contribution >= 4 is 48.4 Å². The highest BCUT2D eigenvalue weighted by molar-refractivity contribution is 7.41. The normalized spacial score (nSPS) is 14.6. The highest BCUT2D eigenvalue weighted by atomic mass is 31.2. The number of fused-ring (bicyclic) bond motifs is 2. The van der Waals surface area contributed by atoms with Crippen molar-refractivity contribution in [3.63, 3.8) is 0 Å². The van der Waals surface area contributed by atoms with Gasteiger partial charge in [0, 0.05) is 47.6 Å². The molecule has 0 aliphatic carbocycles. The number of pyridine rings is 2. The number of ketones is 1. The van der Waals surface area contributed by atoms with Gasteiger partial charge in [0.15, 0.2) is 11.5 Å². The highest BCUT2D eigenvalue weighted by Gasteiger charge is 2.32. The van der Waals surface area contributed by atoms with Crippen LogP contribution in [0.3, 0.4) is 0 Å². The maximum absolute atomic E-state index is 13.8. The summed E-state index contributed by atoms with van der Waals surface area (Å²) in [4.78, 5) is 45.8. The van der Waals surface area contributed by atoms with E-state index in [-0.39, 0.29) is 17.7 Å².